The second-order valence-corrected chi connectivity index (χ2v) is 2.87. The molecule has 0 aromatic carbocycles. The highest BCUT2D eigenvalue weighted by Crippen LogP contribution is 1.89. The van der Waals surface area contributed by atoms with Crippen LogP contribution in [0, 0.1) is 0 Å². The molecule has 13 heavy (non-hydrogen) atoms. The third-order valence-electron chi connectivity index (χ3n) is 1.82. The molecule has 0 saturated carbocycles. The second-order valence-electron chi connectivity index (χ2n) is 2.87. The Balaban J connectivity index is 2.69. The lowest BCUT2D eigenvalue weighted by Gasteiger charge is -2.00. The molecule has 1 aromatic rings. The number of rotatable bonds is 5. The normalized spacial score (nSPS) is 10.6. The maximum absolute atomic E-state index is 11.5. The first kappa shape index (κ1) is 10.1. The fourth-order valence-corrected chi connectivity index (χ4v) is 1.15. The summed E-state index contributed by atoms with van der Waals surface area (Å²) in [6.07, 6.45) is 4.52. The average molecular weight is 184 g/mol. The van der Waals surface area contributed by atoms with Crippen LogP contribution in [0.3, 0.4) is 0 Å². The molecule has 0 aliphatic rings. The van der Waals surface area contributed by atoms with Gasteiger partial charge in [-0.1, -0.05) is 6.92 Å². The Hall–Kier alpha value is -1.03. The Labute approximate surface area is 77.7 Å². The van der Waals surface area contributed by atoms with Gasteiger partial charge in [0.15, 0.2) is 0 Å². The molecule has 74 valence electrons. The van der Waals surface area contributed by atoms with E-state index in [0.29, 0.717) is 13.3 Å². The van der Waals surface area contributed by atoms with Gasteiger partial charge in [0.1, 0.15) is 6.73 Å². The van der Waals surface area contributed by atoms with Crippen LogP contribution in [0.25, 0.3) is 0 Å². The molecule has 4 heteroatoms. The molecule has 0 spiro atoms. The lowest BCUT2D eigenvalue weighted by atomic mass is 10.5. The molecule has 0 aliphatic carbocycles. The quantitative estimate of drug-likeness (QED) is 0.686. The molecule has 1 rings (SSSR count). The largest absolute Gasteiger partial charge is 0.361 e. The van der Waals surface area contributed by atoms with E-state index in [4.69, 9.17) is 4.74 Å². The van der Waals surface area contributed by atoms with Crippen molar-refractivity contribution in [3.05, 3.63) is 22.9 Å². The van der Waals surface area contributed by atoms with E-state index in [1.54, 1.807) is 21.5 Å². The van der Waals surface area contributed by atoms with Crippen LogP contribution in [0.4, 0.5) is 0 Å². The van der Waals surface area contributed by atoms with Crippen molar-refractivity contribution in [2.75, 3.05) is 6.61 Å². The molecule has 4 nitrogen and oxygen atoms in total. The molecule has 0 N–H and O–H groups in total. The molecular formula is C9H16N2O2. The molecule has 1 heterocycles. The molecule has 1 aromatic heterocycles. The van der Waals surface area contributed by atoms with Gasteiger partial charge in [0.2, 0.25) is 0 Å². The lowest BCUT2D eigenvalue weighted by Crippen LogP contribution is -2.24. The van der Waals surface area contributed by atoms with Crippen molar-refractivity contribution in [1.82, 2.24) is 9.13 Å². The van der Waals surface area contributed by atoms with E-state index in [2.05, 4.69) is 0 Å². The smallest absolute Gasteiger partial charge is 0.330 e. The minimum absolute atomic E-state index is 0.00954. The highest BCUT2D eigenvalue weighted by atomic mass is 16.5. The van der Waals surface area contributed by atoms with Crippen LogP contribution in [0.15, 0.2) is 17.2 Å². The molecule has 0 atom stereocenters. The number of imidazole rings is 1. The Morgan fingerprint density at radius 3 is 2.62 bits per heavy atom. The number of ether oxygens (including phenoxy) is 1. The SMILES string of the molecule is CCCn1ccn(COCC)c1=O. The van der Waals surface area contributed by atoms with E-state index in [1.165, 1.54) is 0 Å². The van der Waals surface area contributed by atoms with Gasteiger partial charge < -0.3 is 4.74 Å². The molecule has 0 aliphatic heterocycles. The van der Waals surface area contributed by atoms with Crippen LogP contribution >= 0.6 is 0 Å². The third-order valence-corrected chi connectivity index (χ3v) is 1.82. The van der Waals surface area contributed by atoms with Crippen molar-refractivity contribution in [3.8, 4) is 0 Å². The van der Waals surface area contributed by atoms with E-state index >= 15 is 0 Å². The van der Waals surface area contributed by atoms with Crippen LogP contribution in [0.1, 0.15) is 20.3 Å². The van der Waals surface area contributed by atoms with Crippen molar-refractivity contribution < 1.29 is 4.74 Å². The molecular weight excluding hydrogens is 168 g/mol. The maximum atomic E-state index is 11.5. The summed E-state index contributed by atoms with van der Waals surface area (Å²) in [5.41, 5.74) is 0.00954. The van der Waals surface area contributed by atoms with Gasteiger partial charge in [-0.15, -0.1) is 0 Å². The Morgan fingerprint density at radius 1 is 1.31 bits per heavy atom. The second kappa shape index (κ2) is 4.87. The van der Waals surface area contributed by atoms with Gasteiger partial charge in [0.05, 0.1) is 0 Å². The van der Waals surface area contributed by atoms with E-state index in [9.17, 15) is 4.79 Å². The predicted octanol–water partition coefficient (Wildman–Crippen LogP) is 1.05. The summed E-state index contributed by atoms with van der Waals surface area (Å²) in [5.74, 6) is 0. The molecule has 0 radical (unpaired) electrons. The minimum Gasteiger partial charge on any atom is -0.361 e. The summed E-state index contributed by atoms with van der Waals surface area (Å²) in [7, 11) is 0. The minimum atomic E-state index is 0.00954. The zero-order valence-electron chi connectivity index (χ0n) is 8.19. The number of aromatic nitrogens is 2. The molecule has 0 saturated heterocycles. The molecule has 0 amide bonds. The maximum Gasteiger partial charge on any atom is 0.330 e. The highest BCUT2D eigenvalue weighted by Gasteiger charge is 2.00. The molecule has 0 bridgehead atoms. The standard InChI is InChI=1S/C9H16N2O2/c1-3-5-10-6-7-11(9(10)12)8-13-4-2/h6-7H,3-5,8H2,1-2H3. The summed E-state index contributed by atoms with van der Waals surface area (Å²) < 4.78 is 8.40. The Kier molecular flexibility index (Phi) is 3.76. The first-order chi connectivity index (χ1) is 6.29. The zero-order valence-corrected chi connectivity index (χ0v) is 8.19. The Morgan fingerprint density at radius 2 is 2.00 bits per heavy atom. The van der Waals surface area contributed by atoms with Crippen molar-refractivity contribution in [2.24, 2.45) is 0 Å². The van der Waals surface area contributed by atoms with Gasteiger partial charge in [-0.2, -0.15) is 0 Å². The van der Waals surface area contributed by atoms with Gasteiger partial charge in [-0.05, 0) is 13.3 Å². The first-order valence-electron chi connectivity index (χ1n) is 4.63. The summed E-state index contributed by atoms with van der Waals surface area (Å²) in [6, 6.07) is 0. The van der Waals surface area contributed by atoms with Gasteiger partial charge in [-0.3, -0.25) is 9.13 Å². The lowest BCUT2D eigenvalue weighted by molar-refractivity contribution is 0.0850. The summed E-state index contributed by atoms with van der Waals surface area (Å²) in [5, 5.41) is 0. The van der Waals surface area contributed by atoms with Crippen LogP contribution in [0.2, 0.25) is 0 Å². The van der Waals surface area contributed by atoms with Gasteiger partial charge in [0.25, 0.3) is 0 Å². The monoisotopic (exact) mass is 184 g/mol. The molecule has 0 fully saturated rings. The van der Waals surface area contributed by atoms with Crippen LogP contribution in [-0.4, -0.2) is 15.7 Å². The number of aryl methyl sites for hydroxylation is 1. The van der Waals surface area contributed by atoms with E-state index in [0.717, 1.165) is 13.0 Å². The van der Waals surface area contributed by atoms with E-state index in [-0.39, 0.29) is 5.69 Å². The number of hydrogen-bond acceptors (Lipinski definition) is 2. The fraction of sp³-hybridized carbons (Fsp3) is 0.667. The average Bonchev–Trinajstić information content (AvgIpc) is 2.46. The summed E-state index contributed by atoms with van der Waals surface area (Å²) in [4.78, 5) is 11.5. The van der Waals surface area contributed by atoms with Crippen molar-refractivity contribution in [2.45, 2.75) is 33.5 Å². The van der Waals surface area contributed by atoms with Gasteiger partial charge in [0, 0.05) is 25.5 Å². The summed E-state index contributed by atoms with van der Waals surface area (Å²) in [6.45, 7) is 5.72. The highest BCUT2D eigenvalue weighted by molar-refractivity contribution is 4.80. The number of hydrogen-bond donors (Lipinski definition) is 0. The van der Waals surface area contributed by atoms with Gasteiger partial charge >= 0.3 is 5.69 Å². The summed E-state index contributed by atoms with van der Waals surface area (Å²) >= 11 is 0. The first-order valence-corrected chi connectivity index (χ1v) is 4.63. The van der Waals surface area contributed by atoms with Gasteiger partial charge in [-0.25, -0.2) is 4.79 Å². The molecule has 0 unspecified atom stereocenters. The van der Waals surface area contributed by atoms with Crippen LogP contribution < -0.4 is 5.69 Å². The topological polar surface area (TPSA) is 36.2 Å². The Bertz CT molecular complexity index is 301. The third kappa shape index (κ3) is 2.45. The van der Waals surface area contributed by atoms with Crippen molar-refractivity contribution >= 4 is 0 Å². The van der Waals surface area contributed by atoms with Crippen molar-refractivity contribution in [1.29, 1.82) is 0 Å². The van der Waals surface area contributed by atoms with E-state index < -0.39 is 0 Å². The van der Waals surface area contributed by atoms with Crippen LogP contribution in [-0.2, 0) is 18.0 Å². The fourth-order valence-electron chi connectivity index (χ4n) is 1.15. The van der Waals surface area contributed by atoms with Crippen molar-refractivity contribution in [3.63, 3.8) is 0 Å². The zero-order chi connectivity index (χ0) is 9.68. The van der Waals surface area contributed by atoms with E-state index in [1.807, 2.05) is 13.8 Å². The predicted molar refractivity (Wildman–Crippen MR) is 50.6 cm³/mol. The van der Waals surface area contributed by atoms with Crippen LogP contribution in [0.5, 0.6) is 0 Å². The number of nitrogens with zero attached hydrogens (tertiary/aromatic N) is 2.